The highest BCUT2D eigenvalue weighted by atomic mass is 16.6. The first kappa shape index (κ1) is 13.7. The minimum atomic E-state index is -0.583. The first-order valence-corrected chi connectivity index (χ1v) is 6.42. The Morgan fingerprint density at radius 2 is 2.14 bits per heavy atom. The lowest BCUT2D eigenvalue weighted by Gasteiger charge is -2.06. The smallest absolute Gasteiger partial charge is 0.301 e. The summed E-state index contributed by atoms with van der Waals surface area (Å²) in [5.41, 5.74) is 1.39. The molecule has 2 aromatic heterocycles. The zero-order valence-electron chi connectivity index (χ0n) is 11.5. The van der Waals surface area contributed by atoms with Crippen LogP contribution in [0.2, 0.25) is 0 Å². The van der Waals surface area contributed by atoms with E-state index >= 15 is 0 Å². The number of benzene rings is 1. The Balaban J connectivity index is 2.00. The number of anilines is 1. The predicted molar refractivity (Wildman–Crippen MR) is 79.7 cm³/mol. The van der Waals surface area contributed by atoms with Crippen molar-refractivity contribution in [2.75, 3.05) is 5.32 Å². The summed E-state index contributed by atoms with van der Waals surface area (Å²) in [5.74, 6) is -0.552. The van der Waals surface area contributed by atoms with Gasteiger partial charge in [-0.25, -0.2) is 4.98 Å². The molecule has 0 aliphatic carbocycles. The lowest BCUT2D eigenvalue weighted by atomic mass is 10.1. The molecule has 0 spiro atoms. The number of aromatic nitrogens is 3. The summed E-state index contributed by atoms with van der Waals surface area (Å²) in [6, 6.07) is 7.94. The average Bonchev–Trinajstić information content (AvgIpc) is 2.95. The van der Waals surface area contributed by atoms with Gasteiger partial charge in [-0.05, 0) is 25.1 Å². The quantitative estimate of drug-likeness (QED) is 0.569. The van der Waals surface area contributed by atoms with Crippen molar-refractivity contribution in [3.63, 3.8) is 0 Å². The van der Waals surface area contributed by atoms with E-state index in [1.54, 1.807) is 25.1 Å². The zero-order valence-corrected chi connectivity index (χ0v) is 11.5. The number of pyridine rings is 1. The van der Waals surface area contributed by atoms with Crippen molar-refractivity contribution >= 4 is 28.3 Å². The third-order valence-electron chi connectivity index (χ3n) is 3.17. The highest BCUT2D eigenvalue weighted by Crippen LogP contribution is 2.24. The number of hydrogen-bond donors (Lipinski definition) is 2. The lowest BCUT2D eigenvalue weighted by molar-refractivity contribution is -0.384. The van der Waals surface area contributed by atoms with Crippen LogP contribution in [0.3, 0.4) is 0 Å². The number of fused-ring (bicyclic) bond motifs is 1. The summed E-state index contributed by atoms with van der Waals surface area (Å²) >= 11 is 0. The predicted octanol–water partition coefficient (Wildman–Crippen LogP) is 2.43. The van der Waals surface area contributed by atoms with E-state index in [-0.39, 0.29) is 11.5 Å². The zero-order chi connectivity index (χ0) is 15.7. The molecule has 8 nitrogen and oxygen atoms in total. The van der Waals surface area contributed by atoms with Crippen LogP contribution in [-0.4, -0.2) is 26.0 Å². The molecule has 110 valence electrons. The molecule has 0 saturated heterocycles. The molecule has 1 amide bonds. The molecule has 0 fully saturated rings. The monoisotopic (exact) mass is 297 g/mol. The fourth-order valence-corrected chi connectivity index (χ4v) is 2.13. The Labute approximate surface area is 124 Å². The second kappa shape index (κ2) is 5.24. The summed E-state index contributed by atoms with van der Waals surface area (Å²) in [6.45, 7) is 1.69. The van der Waals surface area contributed by atoms with Gasteiger partial charge in [0.1, 0.15) is 0 Å². The largest absolute Gasteiger partial charge is 0.311 e. The Morgan fingerprint density at radius 1 is 1.32 bits per heavy atom. The molecular weight excluding hydrogens is 286 g/mol. The number of rotatable bonds is 3. The van der Waals surface area contributed by atoms with Crippen LogP contribution in [0.1, 0.15) is 16.1 Å². The van der Waals surface area contributed by atoms with Crippen molar-refractivity contribution < 1.29 is 9.72 Å². The Hall–Kier alpha value is -3.29. The highest BCUT2D eigenvalue weighted by molar-refractivity contribution is 6.12. The van der Waals surface area contributed by atoms with Gasteiger partial charge in [0.2, 0.25) is 5.82 Å². The number of nitrogens with one attached hydrogen (secondary N) is 2. The van der Waals surface area contributed by atoms with Gasteiger partial charge in [0.25, 0.3) is 5.91 Å². The molecule has 0 saturated carbocycles. The van der Waals surface area contributed by atoms with E-state index in [0.717, 1.165) is 0 Å². The molecule has 2 N–H and O–H groups in total. The molecule has 0 aliphatic heterocycles. The minimum absolute atomic E-state index is 0.0736. The van der Waals surface area contributed by atoms with E-state index in [1.165, 1.54) is 18.3 Å². The topological polar surface area (TPSA) is 114 Å². The van der Waals surface area contributed by atoms with Gasteiger partial charge in [-0.3, -0.25) is 20.0 Å². The van der Waals surface area contributed by atoms with E-state index in [4.69, 9.17) is 0 Å². The number of nitro groups is 1. The number of aryl methyl sites for hydroxylation is 1. The maximum Gasteiger partial charge on any atom is 0.311 e. The first-order chi connectivity index (χ1) is 10.6. The third-order valence-corrected chi connectivity index (χ3v) is 3.17. The number of H-pyrrole nitrogens is 1. The fraction of sp³-hybridized carbons (Fsp3) is 0.0714. The van der Waals surface area contributed by atoms with Crippen molar-refractivity contribution in [2.45, 2.75) is 6.92 Å². The van der Waals surface area contributed by atoms with E-state index in [9.17, 15) is 14.9 Å². The summed E-state index contributed by atoms with van der Waals surface area (Å²) in [6.07, 6.45) is 1.53. The molecule has 22 heavy (non-hydrogen) atoms. The van der Waals surface area contributed by atoms with Crippen LogP contribution >= 0.6 is 0 Å². The Kier molecular flexibility index (Phi) is 3.26. The van der Waals surface area contributed by atoms with E-state index in [2.05, 4.69) is 20.5 Å². The van der Waals surface area contributed by atoms with Crippen molar-refractivity contribution in [1.29, 1.82) is 0 Å². The number of amides is 1. The minimum Gasteiger partial charge on any atom is -0.301 e. The Bertz CT molecular complexity index is 887. The molecule has 0 atom stereocenters. The molecule has 0 radical (unpaired) electrons. The number of nitrogens with zero attached hydrogens (tertiary/aromatic N) is 3. The molecule has 8 heteroatoms. The maximum absolute atomic E-state index is 12.4. The lowest BCUT2D eigenvalue weighted by Crippen LogP contribution is -2.15. The van der Waals surface area contributed by atoms with Gasteiger partial charge in [0.15, 0.2) is 0 Å². The second-order valence-corrected chi connectivity index (χ2v) is 4.67. The summed E-state index contributed by atoms with van der Waals surface area (Å²) in [5, 5.41) is 20.8. The number of carbonyl (C=O) groups is 1. The van der Waals surface area contributed by atoms with Gasteiger partial charge >= 0.3 is 5.69 Å². The molecular formula is C14H11N5O3. The van der Waals surface area contributed by atoms with Gasteiger partial charge in [-0.15, -0.1) is 0 Å². The maximum atomic E-state index is 12.4. The van der Waals surface area contributed by atoms with Crippen molar-refractivity contribution in [1.82, 2.24) is 15.2 Å². The third kappa shape index (κ3) is 2.37. The first-order valence-electron chi connectivity index (χ1n) is 6.42. The summed E-state index contributed by atoms with van der Waals surface area (Å²) in [7, 11) is 0. The van der Waals surface area contributed by atoms with Gasteiger partial charge in [-0.2, -0.15) is 5.10 Å². The molecule has 3 rings (SSSR count). The Morgan fingerprint density at radius 3 is 2.91 bits per heavy atom. The van der Waals surface area contributed by atoms with E-state index in [1.807, 2.05) is 0 Å². The van der Waals surface area contributed by atoms with Crippen molar-refractivity contribution in [3.8, 4) is 0 Å². The fourth-order valence-electron chi connectivity index (χ4n) is 2.13. The standard InChI is InChI=1S/C14H11N5O3/c1-8-5-6-12(19(21)22)13(16-8)17-14(20)9-3-2-4-11-10(9)7-15-18-11/h2-7H,1H3,(H,15,18)(H,16,17,20). The normalized spacial score (nSPS) is 10.6. The number of carbonyl (C=O) groups excluding carboxylic acids is 1. The van der Waals surface area contributed by atoms with Crippen LogP contribution in [0.25, 0.3) is 10.9 Å². The van der Waals surface area contributed by atoms with Gasteiger partial charge < -0.3 is 5.32 Å². The number of aromatic amines is 1. The van der Waals surface area contributed by atoms with Crippen molar-refractivity contribution in [3.05, 3.63) is 57.9 Å². The molecule has 0 bridgehead atoms. The average molecular weight is 297 g/mol. The van der Waals surface area contributed by atoms with Crippen LogP contribution in [0.4, 0.5) is 11.5 Å². The van der Waals surface area contributed by atoms with E-state index in [0.29, 0.717) is 22.2 Å². The van der Waals surface area contributed by atoms with Gasteiger partial charge in [-0.1, -0.05) is 6.07 Å². The summed E-state index contributed by atoms with van der Waals surface area (Å²) < 4.78 is 0. The van der Waals surface area contributed by atoms with Crippen LogP contribution in [0.15, 0.2) is 36.5 Å². The van der Waals surface area contributed by atoms with Crippen LogP contribution in [0, 0.1) is 17.0 Å². The van der Waals surface area contributed by atoms with Crippen molar-refractivity contribution in [2.24, 2.45) is 0 Å². The van der Waals surface area contributed by atoms with Gasteiger partial charge in [0.05, 0.1) is 22.2 Å². The van der Waals surface area contributed by atoms with Crippen LogP contribution in [0.5, 0.6) is 0 Å². The molecule has 1 aromatic carbocycles. The van der Waals surface area contributed by atoms with E-state index < -0.39 is 10.8 Å². The molecule has 0 unspecified atom stereocenters. The van der Waals surface area contributed by atoms with Crippen LogP contribution in [-0.2, 0) is 0 Å². The SMILES string of the molecule is Cc1ccc([N+](=O)[O-])c(NC(=O)c2cccc3[nH]ncc23)n1. The highest BCUT2D eigenvalue weighted by Gasteiger charge is 2.19. The molecule has 3 aromatic rings. The second-order valence-electron chi connectivity index (χ2n) is 4.67. The molecule has 2 heterocycles. The molecule has 0 aliphatic rings. The van der Waals surface area contributed by atoms with Crippen LogP contribution < -0.4 is 5.32 Å². The summed E-state index contributed by atoms with van der Waals surface area (Å²) in [4.78, 5) is 26.9. The van der Waals surface area contributed by atoms with Gasteiger partial charge in [0, 0.05) is 17.1 Å². The number of hydrogen-bond acceptors (Lipinski definition) is 5.